The number of rotatable bonds is 12. The lowest BCUT2D eigenvalue weighted by Gasteiger charge is -2.25. The molecule has 0 aliphatic carbocycles. The molecule has 3 aromatic rings. The van der Waals surface area contributed by atoms with Crippen molar-refractivity contribution in [3.05, 3.63) is 76.8 Å². The number of hydrogen-bond acceptors (Lipinski definition) is 12. The van der Waals surface area contributed by atoms with E-state index in [1.165, 1.54) is 37.3 Å². The summed E-state index contributed by atoms with van der Waals surface area (Å²) in [5, 5.41) is 15.3. The molecule has 3 heterocycles. The van der Waals surface area contributed by atoms with Gasteiger partial charge in [-0.15, -0.1) is 0 Å². The Morgan fingerprint density at radius 2 is 1.85 bits per heavy atom. The van der Waals surface area contributed by atoms with Gasteiger partial charge in [0.05, 0.1) is 12.7 Å². The number of ether oxygens (including phenoxy) is 4. The van der Waals surface area contributed by atoms with E-state index in [0.29, 0.717) is 16.1 Å². The molecule has 252 valence electrons. The molecular formula is C29H31F2N4O11P. The van der Waals surface area contributed by atoms with Crippen LogP contribution in [-0.2, 0) is 23.4 Å². The molecule has 0 radical (unpaired) electrons. The number of alkyl halides is 2. The zero-order chi connectivity index (χ0) is 33.9. The smallest absolute Gasteiger partial charge is 0.459 e. The largest absolute Gasteiger partial charge is 0.462 e. The monoisotopic (exact) mass is 680 g/mol. The Labute approximate surface area is 266 Å². The van der Waals surface area contributed by atoms with Crippen LogP contribution in [0, 0.1) is 0 Å². The van der Waals surface area contributed by atoms with Crippen LogP contribution in [0.2, 0.25) is 0 Å². The third-order valence-corrected chi connectivity index (χ3v) is 8.42. The first-order valence-corrected chi connectivity index (χ1v) is 15.8. The molecule has 5 rings (SSSR count). The van der Waals surface area contributed by atoms with Gasteiger partial charge in [-0.25, -0.2) is 9.36 Å². The molecule has 15 nitrogen and oxygen atoms in total. The van der Waals surface area contributed by atoms with E-state index in [-0.39, 0.29) is 23.9 Å². The minimum atomic E-state index is -4.49. The second-order valence-corrected chi connectivity index (χ2v) is 12.4. The molecule has 2 aromatic carbocycles. The van der Waals surface area contributed by atoms with Crippen molar-refractivity contribution in [2.24, 2.45) is 0 Å². The number of benzene rings is 2. The summed E-state index contributed by atoms with van der Waals surface area (Å²) in [5.74, 6) is -4.88. The lowest BCUT2D eigenvalue weighted by atomic mass is 10.1. The molecule has 1 saturated heterocycles. The maximum Gasteiger partial charge on any atom is 0.459 e. The Morgan fingerprint density at radius 1 is 1.13 bits per heavy atom. The van der Waals surface area contributed by atoms with Crippen molar-refractivity contribution >= 4 is 25.4 Å². The van der Waals surface area contributed by atoms with Gasteiger partial charge in [0.25, 0.3) is 5.91 Å². The third-order valence-electron chi connectivity index (χ3n) is 6.77. The fraction of sp³-hybridized carbons (Fsp3) is 0.379. The van der Waals surface area contributed by atoms with Crippen molar-refractivity contribution < 1.29 is 56.0 Å². The number of fused-ring (bicyclic) bond motifs is 1. The van der Waals surface area contributed by atoms with Crippen molar-refractivity contribution in [1.29, 1.82) is 0 Å². The van der Waals surface area contributed by atoms with E-state index in [0.717, 1.165) is 12.3 Å². The number of nitrogens with zero attached hydrogens (tertiary/aromatic N) is 2. The molecule has 1 aromatic heterocycles. The van der Waals surface area contributed by atoms with Crippen LogP contribution >= 0.6 is 7.75 Å². The predicted molar refractivity (Wildman–Crippen MR) is 158 cm³/mol. The van der Waals surface area contributed by atoms with Gasteiger partial charge in [0, 0.05) is 11.8 Å². The first kappa shape index (κ1) is 33.9. The molecule has 1 fully saturated rings. The lowest BCUT2D eigenvalue weighted by molar-refractivity contribution is -0.149. The summed E-state index contributed by atoms with van der Waals surface area (Å²) in [6.07, 6.45) is -6.28. The van der Waals surface area contributed by atoms with Crippen LogP contribution in [0.3, 0.4) is 0 Å². The van der Waals surface area contributed by atoms with Crippen molar-refractivity contribution in [3.8, 4) is 17.2 Å². The molecular weight excluding hydrogens is 649 g/mol. The summed E-state index contributed by atoms with van der Waals surface area (Å²) >= 11 is 0. The number of aliphatic hydroxyl groups is 1. The second kappa shape index (κ2) is 13.8. The molecule has 47 heavy (non-hydrogen) atoms. The number of carbonyl (C=O) groups is 2. The molecule has 0 spiro atoms. The third kappa shape index (κ3) is 7.77. The van der Waals surface area contributed by atoms with Gasteiger partial charge in [0.1, 0.15) is 23.7 Å². The maximum absolute atomic E-state index is 15.3. The first-order chi connectivity index (χ1) is 22.3. The summed E-state index contributed by atoms with van der Waals surface area (Å²) < 4.78 is 76.4. The number of halogens is 2. The fourth-order valence-electron chi connectivity index (χ4n) is 4.50. The predicted octanol–water partition coefficient (Wildman–Crippen LogP) is 3.25. The molecule has 2 aliphatic heterocycles. The minimum absolute atomic E-state index is 0.00148. The highest BCUT2D eigenvalue weighted by molar-refractivity contribution is 7.52. The van der Waals surface area contributed by atoms with Gasteiger partial charge in [-0.1, -0.05) is 18.2 Å². The van der Waals surface area contributed by atoms with E-state index in [9.17, 15) is 24.1 Å². The molecule has 18 heteroatoms. The number of aliphatic hydroxyl groups excluding tert-OH is 1. The fourth-order valence-corrected chi connectivity index (χ4v) is 6.00. The number of aromatic nitrogens is 2. The molecule has 3 N–H and O–H groups in total. The van der Waals surface area contributed by atoms with Crippen molar-refractivity contribution in [2.45, 2.75) is 57.3 Å². The van der Waals surface area contributed by atoms with E-state index in [2.05, 4.69) is 15.4 Å². The van der Waals surface area contributed by atoms with Crippen LogP contribution in [0.5, 0.6) is 17.2 Å². The Kier molecular flexibility index (Phi) is 9.93. The van der Waals surface area contributed by atoms with Gasteiger partial charge < -0.3 is 33.9 Å². The molecule has 5 atom stereocenters. The number of esters is 1. The number of para-hydroxylation sites is 1. The number of anilines is 1. The highest BCUT2D eigenvalue weighted by Gasteiger charge is 2.60. The topological polar surface area (TPSA) is 186 Å². The highest BCUT2D eigenvalue weighted by atomic mass is 31.2. The van der Waals surface area contributed by atoms with E-state index in [1.807, 2.05) is 0 Å². The number of amides is 1. The summed E-state index contributed by atoms with van der Waals surface area (Å²) in [7, 11) is -4.49. The van der Waals surface area contributed by atoms with Gasteiger partial charge in [-0.05, 0) is 57.2 Å². The van der Waals surface area contributed by atoms with E-state index in [4.69, 9.17) is 28.0 Å². The SMILES string of the molecule is CC(C)OC(=O)[C@H](C)N[P@](=O)(OC[C@H]1O[C@@H](n2ccc(NC(=O)c3ccc4c(c3)OCO4)nc2=O)C(F)(F)C1O)Oc1ccccc1. The van der Waals surface area contributed by atoms with Gasteiger partial charge >= 0.3 is 25.3 Å². The number of carbonyl (C=O) groups excluding carboxylic acids is 2. The molecule has 1 unspecified atom stereocenters. The standard InChI is InChI=1S/C29H31F2N4O11P/c1-16(2)44-26(38)17(3)34-47(40,46-19-7-5-4-6-8-19)43-14-22-24(36)29(30,31)27(45-22)35-12-11-23(33-28(35)39)32-25(37)18-9-10-20-21(13-18)42-15-41-20/h4-13,16-17,22,24,27,36H,14-15H2,1-3H3,(H,34,40)(H,32,33,37,39)/t17-,22+,24?,27+,47-/m0/s1. The Balaban J connectivity index is 1.28. The minimum Gasteiger partial charge on any atom is -0.462 e. The highest BCUT2D eigenvalue weighted by Crippen LogP contribution is 2.48. The van der Waals surface area contributed by atoms with E-state index >= 15 is 8.78 Å². The van der Waals surface area contributed by atoms with E-state index in [1.54, 1.807) is 32.0 Å². The maximum atomic E-state index is 15.3. The van der Waals surface area contributed by atoms with Gasteiger partial charge in [-0.2, -0.15) is 18.9 Å². The van der Waals surface area contributed by atoms with Gasteiger partial charge in [0.2, 0.25) is 13.0 Å². The van der Waals surface area contributed by atoms with Crippen LogP contribution in [0.1, 0.15) is 37.4 Å². The van der Waals surface area contributed by atoms with Crippen LogP contribution < -0.4 is 30.1 Å². The number of nitrogens with one attached hydrogen (secondary N) is 2. The van der Waals surface area contributed by atoms with Crippen molar-refractivity contribution in [3.63, 3.8) is 0 Å². The molecule has 0 saturated carbocycles. The summed E-state index contributed by atoms with van der Waals surface area (Å²) in [6.45, 7) is 3.65. The lowest BCUT2D eigenvalue weighted by Crippen LogP contribution is -2.42. The summed E-state index contributed by atoms with van der Waals surface area (Å²) in [5.41, 5.74) is -1.07. The van der Waals surface area contributed by atoms with Gasteiger partial charge in [-0.3, -0.25) is 18.7 Å². The zero-order valence-corrected chi connectivity index (χ0v) is 26.1. The van der Waals surface area contributed by atoms with Crippen LogP contribution in [0.4, 0.5) is 14.6 Å². The Hall–Kier alpha value is -4.41. The average molecular weight is 681 g/mol. The Bertz CT molecular complexity index is 1730. The van der Waals surface area contributed by atoms with Crippen molar-refractivity contribution in [1.82, 2.24) is 14.6 Å². The first-order valence-electron chi connectivity index (χ1n) is 14.2. The number of hydrogen-bond donors (Lipinski definition) is 3. The Morgan fingerprint density at radius 3 is 2.55 bits per heavy atom. The van der Waals surface area contributed by atoms with Crippen LogP contribution in [0.25, 0.3) is 0 Å². The zero-order valence-electron chi connectivity index (χ0n) is 25.2. The molecule has 2 aliphatic rings. The quantitative estimate of drug-likeness (QED) is 0.187. The van der Waals surface area contributed by atoms with Crippen LogP contribution in [0.15, 0.2) is 65.6 Å². The normalized spacial score (nSPS) is 21.6. The van der Waals surface area contributed by atoms with Gasteiger partial charge in [0.15, 0.2) is 17.6 Å². The van der Waals surface area contributed by atoms with E-state index < -0.39 is 68.4 Å². The second-order valence-electron chi connectivity index (χ2n) is 10.7. The van der Waals surface area contributed by atoms with Crippen LogP contribution in [-0.4, -0.2) is 70.2 Å². The van der Waals surface area contributed by atoms with Crippen molar-refractivity contribution in [2.75, 3.05) is 18.7 Å². The molecule has 0 bridgehead atoms. The summed E-state index contributed by atoms with van der Waals surface area (Å²) in [4.78, 5) is 41.5. The summed E-state index contributed by atoms with van der Waals surface area (Å²) in [6, 6.07) is 12.0. The average Bonchev–Trinajstić information content (AvgIpc) is 3.57. The molecule has 1 amide bonds.